The van der Waals surface area contributed by atoms with Crippen LogP contribution in [0.3, 0.4) is 0 Å². The molecule has 4 rings (SSSR count). The maximum atomic E-state index is 14.9. The monoisotopic (exact) mass is 459 g/mol. The number of nitrogens with one attached hydrogen (secondary N) is 1. The van der Waals surface area contributed by atoms with Crippen molar-refractivity contribution in [1.29, 1.82) is 0 Å². The Bertz CT molecular complexity index is 1100. The molecule has 1 aromatic heterocycles. The number of carbonyl (C=O) groups is 1. The Balaban J connectivity index is 1.56. The maximum absolute atomic E-state index is 14.9. The van der Waals surface area contributed by atoms with E-state index >= 15 is 0 Å². The number of benzene rings is 2. The van der Waals surface area contributed by atoms with Gasteiger partial charge in [0.15, 0.2) is 0 Å². The van der Waals surface area contributed by atoms with Crippen LogP contribution in [0.25, 0.3) is 11.5 Å². The molecule has 1 aliphatic heterocycles. The second kappa shape index (κ2) is 10.0. The van der Waals surface area contributed by atoms with Crippen LogP contribution >= 0.6 is 0 Å². The van der Waals surface area contributed by atoms with Crippen LogP contribution in [0.1, 0.15) is 30.7 Å². The van der Waals surface area contributed by atoms with E-state index in [4.69, 9.17) is 4.42 Å². The third-order valence-electron chi connectivity index (χ3n) is 5.82. The molecule has 1 fully saturated rings. The summed E-state index contributed by atoms with van der Waals surface area (Å²) in [6, 6.07) is 12.0. The molecule has 1 N–H and O–H groups in total. The molecule has 1 aliphatic rings. The van der Waals surface area contributed by atoms with E-state index in [1.165, 1.54) is 17.0 Å². The second-order valence-electron chi connectivity index (χ2n) is 7.87. The van der Waals surface area contributed by atoms with Crippen LogP contribution in [0.15, 0.2) is 46.9 Å². The summed E-state index contributed by atoms with van der Waals surface area (Å²) in [5.41, 5.74) is 2.01. The molecule has 7 nitrogen and oxygen atoms in total. The van der Waals surface area contributed by atoms with Gasteiger partial charge < -0.3 is 19.5 Å². The zero-order valence-electron chi connectivity index (χ0n) is 18.0. The summed E-state index contributed by atoms with van der Waals surface area (Å²) in [5.74, 6) is -1.63. The molecular formula is C23H24F3N5O2. The first-order chi connectivity index (χ1) is 16.0. The van der Waals surface area contributed by atoms with Gasteiger partial charge in [-0.05, 0) is 50.2 Å². The van der Waals surface area contributed by atoms with Gasteiger partial charge in [0.25, 0.3) is 5.89 Å². The minimum Gasteiger partial charge on any atom is -0.415 e. The highest BCUT2D eigenvalue weighted by Crippen LogP contribution is 2.32. The number of alkyl halides is 2. The number of para-hydroxylation sites is 2. The molecular weight excluding hydrogens is 435 g/mol. The molecule has 1 saturated heterocycles. The molecule has 174 valence electrons. The molecule has 0 saturated carbocycles. The predicted molar refractivity (Wildman–Crippen MR) is 118 cm³/mol. The largest absolute Gasteiger partial charge is 0.415 e. The van der Waals surface area contributed by atoms with Crippen molar-refractivity contribution in [2.75, 3.05) is 29.9 Å². The van der Waals surface area contributed by atoms with Gasteiger partial charge in [-0.15, -0.1) is 10.2 Å². The standard InChI is InChI=1S/C23H24F3N5O2/c1-30(17-8-10-27-11-9-17)19-4-2-3-5-20(19)31(14-32)13-16-7-6-15(12-18(16)24)22-28-29-23(33-22)21(25)26/h2-7,12,14,17,21,27H,8-11,13H2,1H3. The van der Waals surface area contributed by atoms with Crippen LogP contribution < -0.4 is 15.1 Å². The third-order valence-corrected chi connectivity index (χ3v) is 5.82. The highest BCUT2D eigenvalue weighted by molar-refractivity contribution is 5.84. The number of carbonyl (C=O) groups excluding carboxylic acids is 1. The van der Waals surface area contributed by atoms with Crippen LogP contribution in [0.4, 0.5) is 24.5 Å². The van der Waals surface area contributed by atoms with Crippen molar-refractivity contribution in [3.8, 4) is 11.5 Å². The number of piperidine rings is 1. The van der Waals surface area contributed by atoms with E-state index in [0.717, 1.165) is 37.7 Å². The van der Waals surface area contributed by atoms with Crippen molar-refractivity contribution in [3.05, 3.63) is 59.7 Å². The number of aromatic nitrogens is 2. The highest BCUT2D eigenvalue weighted by atomic mass is 19.3. The van der Waals surface area contributed by atoms with Gasteiger partial charge in [-0.1, -0.05) is 18.2 Å². The molecule has 0 aliphatic carbocycles. The van der Waals surface area contributed by atoms with Gasteiger partial charge in [0.2, 0.25) is 12.3 Å². The summed E-state index contributed by atoms with van der Waals surface area (Å²) in [5, 5.41) is 10.1. The first-order valence-corrected chi connectivity index (χ1v) is 10.6. The number of hydrogen-bond acceptors (Lipinski definition) is 6. The average Bonchev–Trinajstić information content (AvgIpc) is 3.34. The summed E-state index contributed by atoms with van der Waals surface area (Å²) >= 11 is 0. The quantitative estimate of drug-likeness (QED) is 0.510. The topological polar surface area (TPSA) is 74.5 Å². The molecule has 33 heavy (non-hydrogen) atoms. The molecule has 0 spiro atoms. The Morgan fingerprint density at radius 1 is 1.15 bits per heavy atom. The lowest BCUT2D eigenvalue weighted by Gasteiger charge is -2.35. The summed E-state index contributed by atoms with van der Waals surface area (Å²) in [6.45, 7) is 1.87. The normalized spacial score (nSPS) is 14.5. The van der Waals surface area contributed by atoms with Crippen molar-refractivity contribution in [1.82, 2.24) is 15.5 Å². The zero-order chi connectivity index (χ0) is 23.4. The zero-order valence-corrected chi connectivity index (χ0v) is 18.0. The Morgan fingerprint density at radius 3 is 2.52 bits per heavy atom. The Morgan fingerprint density at radius 2 is 1.88 bits per heavy atom. The minimum absolute atomic E-state index is 0.00118. The van der Waals surface area contributed by atoms with E-state index in [-0.39, 0.29) is 23.6 Å². The van der Waals surface area contributed by atoms with E-state index in [2.05, 4.69) is 20.4 Å². The number of amides is 1. The fourth-order valence-corrected chi connectivity index (χ4v) is 4.01. The van der Waals surface area contributed by atoms with Crippen molar-refractivity contribution in [3.63, 3.8) is 0 Å². The predicted octanol–water partition coefficient (Wildman–Crippen LogP) is 4.16. The lowest BCUT2D eigenvalue weighted by molar-refractivity contribution is -0.107. The first kappa shape index (κ1) is 22.8. The molecule has 10 heteroatoms. The molecule has 0 radical (unpaired) electrons. The van der Waals surface area contributed by atoms with Crippen LogP contribution in [-0.2, 0) is 11.3 Å². The van der Waals surface area contributed by atoms with Crippen molar-refractivity contribution in [2.45, 2.75) is 31.9 Å². The summed E-state index contributed by atoms with van der Waals surface area (Å²) < 4.78 is 45.1. The Labute approximate surface area is 189 Å². The van der Waals surface area contributed by atoms with E-state index in [1.54, 1.807) is 0 Å². The van der Waals surface area contributed by atoms with Gasteiger partial charge in [0, 0.05) is 24.2 Å². The number of rotatable bonds is 8. The van der Waals surface area contributed by atoms with Gasteiger partial charge in [-0.2, -0.15) is 8.78 Å². The fraction of sp³-hybridized carbons (Fsp3) is 0.348. The second-order valence-corrected chi connectivity index (χ2v) is 7.87. The molecule has 3 aromatic rings. The van der Waals surface area contributed by atoms with Gasteiger partial charge in [0.05, 0.1) is 17.9 Å². The molecule has 0 bridgehead atoms. The lowest BCUT2D eigenvalue weighted by atomic mass is 10.0. The number of halogens is 3. The SMILES string of the molecule is CN(c1ccccc1N(C=O)Cc1ccc(-c2nnc(C(F)F)o2)cc1F)C1CCNCC1. The van der Waals surface area contributed by atoms with Gasteiger partial charge in [-0.3, -0.25) is 4.79 Å². The van der Waals surface area contributed by atoms with Gasteiger partial charge in [-0.25, -0.2) is 4.39 Å². The van der Waals surface area contributed by atoms with Crippen molar-refractivity contribution < 1.29 is 22.4 Å². The fourth-order valence-electron chi connectivity index (χ4n) is 4.01. The Hall–Kier alpha value is -3.40. The van der Waals surface area contributed by atoms with Crippen molar-refractivity contribution in [2.24, 2.45) is 0 Å². The van der Waals surface area contributed by atoms with Gasteiger partial charge in [0.1, 0.15) is 5.82 Å². The lowest BCUT2D eigenvalue weighted by Crippen LogP contribution is -2.41. The first-order valence-electron chi connectivity index (χ1n) is 10.6. The van der Waals surface area contributed by atoms with Crippen LogP contribution in [-0.4, -0.2) is 42.8 Å². The van der Waals surface area contributed by atoms with Crippen LogP contribution in [0, 0.1) is 5.82 Å². The van der Waals surface area contributed by atoms with E-state index in [1.807, 2.05) is 31.3 Å². The van der Waals surface area contributed by atoms with E-state index in [0.29, 0.717) is 18.1 Å². The Kier molecular flexibility index (Phi) is 6.93. The molecule has 2 aromatic carbocycles. The molecule has 0 atom stereocenters. The average molecular weight is 459 g/mol. The van der Waals surface area contributed by atoms with Crippen LogP contribution in [0.2, 0.25) is 0 Å². The molecule has 2 heterocycles. The highest BCUT2D eigenvalue weighted by Gasteiger charge is 2.23. The van der Waals surface area contributed by atoms with E-state index < -0.39 is 18.1 Å². The maximum Gasteiger partial charge on any atom is 0.314 e. The number of anilines is 2. The summed E-state index contributed by atoms with van der Waals surface area (Å²) in [6.07, 6.45) is -0.245. The van der Waals surface area contributed by atoms with Crippen LogP contribution in [0.5, 0.6) is 0 Å². The number of nitrogens with zero attached hydrogens (tertiary/aromatic N) is 4. The summed E-state index contributed by atoms with van der Waals surface area (Å²) in [4.78, 5) is 15.6. The van der Waals surface area contributed by atoms with E-state index in [9.17, 15) is 18.0 Å². The van der Waals surface area contributed by atoms with Gasteiger partial charge >= 0.3 is 6.43 Å². The third kappa shape index (κ3) is 5.00. The molecule has 1 amide bonds. The smallest absolute Gasteiger partial charge is 0.314 e. The number of hydrogen-bond donors (Lipinski definition) is 1. The molecule has 0 unspecified atom stereocenters. The van der Waals surface area contributed by atoms with Crippen molar-refractivity contribution >= 4 is 17.8 Å². The summed E-state index contributed by atoms with van der Waals surface area (Å²) in [7, 11) is 2.01. The minimum atomic E-state index is -2.90.